The highest BCUT2D eigenvalue weighted by Gasteiger charge is 2.30. The summed E-state index contributed by atoms with van der Waals surface area (Å²) in [7, 11) is 2.19. The van der Waals surface area contributed by atoms with E-state index >= 15 is 0 Å². The number of ether oxygens (including phenoxy) is 1. The Balaban J connectivity index is 1.68. The molecule has 0 fully saturated rings. The number of hydrogen-bond acceptors (Lipinski definition) is 3. The second kappa shape index (κ2) is 8.85. The fraction of sp³-hybridized carbons (Fsp3) is 0.296. The SMILES string of the molecule is CN(Cc1ccccc1)CC(c1ccccc1)c1ccccc1C1=NC(C)(C)CO1. The molecule has 0 aliphatic carbocycles. The van der Waals surface area contributed by atoms with Crippen LogP contribution in [0.25, 0.3) is 0 Å². The topological polar surface area (TPSA) is 24.8 Å². The van der Waals surface area contributed by atoms with E-state index in [1.165, 1.54) is 16.7 Å². The molecule has 0 saturated heterocycles. The summed E-state index contributed by atoms with van der Waals surface area (Å²) in [5.74, 6) is 0.994. The van der Waals surface area contributed by atoms with Crippen LogP contribution in [0.3, 0.4) is 0 Å². The van der Waals surface area contributed by atoms with Crippen LogP contribution in [0.1, 0.15) is 42.0 Å². The maximum atomic E-state index is 6.02. The van der Waals surface area contributed by atoms with Gasteiger partial charge in [0.15, 0.2) is 0 Å². The van der Waals surface area contributed by atoms with Crippen molar-refractivity contribution >= 4 is 5.90 Å². The number of hydrogen-bond donors (Lipinski definition) is 0. The second-order valence-corrected chi connectivity index (χ2v) is 8.75. The molecule has 154 valence electrons. The zero-order chi connectivity index (χ0) is 21.0. The van der Waals surface area contributed by atoms with Crippen LogP contribution >= 0.6 is 0 Å². The van der Waals surface area contributed by atoms with Crippen molar-refractivity contribution in [3.8, 4) is 0 Å². The van der Waals surface area contributed by atoms with E-state index in [4.69, 9.17) is 9.73 Å². The van der Waals surface area contributed by atoms with Crippen molar-refractivity contribution in [2.24, 2.45) is 4.99 Å². The van der Waals surface area contributed by atoms with Gasteiger partial charge in [0.05, 0.1) is 5.54 Å². The molecule has 0 aromatic heterocycles. The monoisotopic (exact) mass is 398 g/mol. The normalized spacial score (nSPS) is 16.2. The Morgan fingerprint density at radius 1 is 0.900 bits per heavy atom. The molecular formula is C27H30N2O. The number of rotatable bonds is 7. The van der Waals surface area contributed by atoms with E-state index in [1.54, 1.807) is 0 Å². The maximum Gasteiger partial charge on any atom is 0.217 e. The molecule has 1 unspecified atom stereocenters. The first-order valence-electron chi connectivity index (χ1n) is 10.6. The molecule has 3 aromatic rings. The molecule has 0 radical (unpaired) electrons. The summed E-state index contributed by atoms with van der Waals surface area (Å²) in [6.07, 6.45) is 0. The largest absolute Gasteiger partial charge is 0.475 e. The Hall–Kier alpha value is -2.91. The molecule has 1 aliphatic rings. The van der Waals surface area contributed by atoms with Crippen LogP contribution in [0.2, 0.25) is 0 Å². The summed E-state index contributed by atoms with van der Waals surface area (Å²) in [5.41, 5.74) is 4.83. The highest BCUT2D eigenvalue weighted by atomic mass is 16.5. The summed E-state index contributed by atoms with van der Waals surface area (Å²) in [5, 5.41) is 0. The lowest BCUT2D eigenvalue weighted by molar-refractivity contribution is 0.279. The summed E-state index contributed by atoms with van der Waals surface area (Å²) < 4.78 is 6.02. The van der Waals surface area contributed by atoms with E-state index in [9.17, 15) is 0 Å². The molecule has 3 aromatic carbocycles. The summed E-state index contributed by atoms with van der Waals surface area (Å²) in [6.45, 7) is 6.68. The Morgan fingerprint density at radius 2 is 1.53 bits per heavy atom. The first kappa shape index (κ1) is 20.4. The highest BCUT2D eigenvalue weighted by molar-refractivity contribution is 5.97. The van der Waals surface area contributed by atoms with Gasteiger partial charge >= 0.3 is 0 Å². The van der Waals surface area contributed by atoms with E-state index in [-0.39, 0.29) is 11.5 Å². The summed E-state index contributed by atoms with van der Waals surface area (Å²) >= 11 is 0. The quantitative estimate of drug-likeness (QED) is 0.524. The van der Waals surface area contributed by atoms with Gasteiger partial charge in [0, 0.05) is 24.6 Å². The molecule has 1 heterocycles. The van der Waals surface area contributed by atoms with Crippen LogP contribution in [-0.2, 0) is 11.3 Å². The third-order valence-corrected chi connectivity index (χ3v) is 5.52. The Bertz CT molecular complexity index is 996. The van der Waals surface area contributed by atoms with Gasteiger partial charge in [-0.25, -0.2) is 4.99 Å². The molecule has 30 heavy (non-hydrogen) atoms. The lowest BCUT2D eigenvalue weighted by atomic mass is 9.87. The molecule has 4 rings (SSSR count). The predicted molar refractivity (Wildman–Crippen MR) is 124 cm³/mol. The minimum absolute atomic E-state index is 0.172. The zero-order valence-electron chi connectivity index (χ0n) is 18.1. The molecule has 1 aliphatic heterocycles. The second-order valence-electron chi connectivity index (χ2n) is 8.75. The van der Waals surface area contributed by atoms with E-state index < -0.39 is 0 Å². The lowest BCUT2D eigenvalue weighted by Crippen LogP contribution is -2.26. The first-order chi connectivity index (χ1) is 14.5. The average molecular weight is 399 g/mol. The fourth-order valence-electron chi connectivity index (χ4n) is 4.06. The van der Waals surface area contributed by atoms with Gasteiger partial charge in [-0.2, -0.15) is 0 Å². The molecule has 0 saturated carbocycles. The van der Waals surface area contributed by atoms with Gasteiger partial charge in [-0.15, -0.1) is 0 Å². The minimum atomic E-state index is -0.172. The molecule has 1 atom stereocenters. The van der Waals surface area contributed by atoms with Crippen molar-refractivity contribution in [2.75, 3.05) is 20.2 Å². The zero-order valence-corrected chi connectivity index (χ0v) is 18.1. The predicted octanol–water partition coefficient (Wildman–Crippen LogP) is 5.51. The van der Waals surface area contributed by atoms with Crippen molar-refractivity contribution in [3.63, 3.8) is 0 Å². The third kappa shape index (κ3) is 4.80. The van der Waals surface area contributed by atoms with Crippen molar-refractivity contribution in [2.45, 2.75) is 31.8 Å². The van der Waals surface area contributed by atoms with Crippen LogP contribution in [-0.4, -0.2) is 36.5 Å². The standard InChI is InChI=1S/C27H30N2O/c1-27(2)20-30-26(28-27)24-17-11-10-16-23(24)25(22-14-8-5-9-15-22)19-29(3)18-21-12-6-4-7-13-21/h4-17,25H,18-20H2,1-3H3. The van der Waals surface area contributed by atoms with Gasteiger partial charge in [0.1, 0.15) is 6.61 Å². The summed E-state index contributed by atoms with van der Waals surface area (Å²) in [4.78, 5) is 7.25. The van der Waals surface area contributed by atoms with Crippen LogP contribution in [0.4, 0.5) is 0 Å². The third-order valence-electron chi connectivity index (χ3n) is 5.52. The van der Waals surface area contributed by atoms with Gasteiger partial charge in [-0.3, -0.25) is 0 Å². The molecule has 0 amide bonds. The smallest absolute Gasteiger partial charge is 0.217 e. The Labute approximate surface area is 180 Å². The van der Waals surface area contributed by atoms with Crippen LogP contribution in [0, 0.1) is 0 Å². The van der Waals surface area contributed by atoms with Crippen LogP contribution in [0.15, 0.2) is 89.9 Å². The number of nitrogens with zero attached hydrogens (tertiary/aromatic N) is 2. The summed E-state index contributed by atoms with van der Waals surface area (Å²) in [6, 6.07) is 30.0. The van der Waals surface area contributed by atoms with E-state index in [0.29, 0.717) is 6.61 Å². The first-order valence-corrected chi connectivity index (χ1v) is 10.6. The number of benzene rings is 3. The number of aliphatic imine (C=N–C) groups is 1. The fourth-order valence-corrected chi connectivity index (χ4v) is 4.06. The van der Waals surface area contributed by atoms with E-state index in [1.807, 2.05) is 0 Å². The molecular weight excluding hydrogens is 368 g/mol. The molecule has 3 nitrogen and oxygen atoms in total. The molecule has 0 spiro atoms. The Morgan fingerprint density at radius 3 is 2.20 bits per heavy atom. The van der Waals surface area contributed by atoms with Gasteiger partial charge in [-0.05, 0) is 43.7 Å². The van der Waals surface area contributed by atoms with Crippen LogP contribution < -0.4 is 0 Å². The van der Waals surface area contributed by atoms with Gasteiger partial charge in [0.25, 0.3) is 0 Å². The van der Waals surface area contributed by atoms with E-state index in [0.717, 1.165) is 24.6 Å². The molecule has 0 N–H and O–H groups in total. The lowest BCUT2D eigenvalue weighted by Gasteiger charge is -2.26. The van der Waals surface area contributed by atoms with Gasteiger partial charge in [-0.1, -0.05) is 78.9 Å². The Kier molecular flexibility index (Phi) is 6.01. The van der Waals surface area contributed by atoms with Gasteiger partial charge < -0.3 is 9.64 Å². The van der Waals surface area contributed by atoms with Crippen molar-refractivity contribution in [1.29, 1.82) is 0 Å². The minimum Gasteiger partial charge on any atom is -0.475 e. The molecule has 3 heteroatoms. The highest BCUT2D eigenvalue weighted by Crippen LogP contribution is 2.31. The maximum absolute atomic E-state index is 6.02. The van der Waals surface area contributed by atoms with Crippen LogP contribution in [0.5, 0.6) is 0 Å². The van der Waals surface area contributed by atoms with Crippen molar-refractivity contribution < 1.29 is 4.74 Å². The molecule has 0 bridgehead atoms. The average Bonchev–Trinajstić information content (AvgIpc) is 3.13. The van der Waals surface area contributed by atoms with Crippen molar-refractivity contribution in [3.05, 3.63) is 107 Å². The number of likely N-dealkylation sites (N-methyl/N-ethyl adjacent to an activating group) is 1. The van der Waals surface area contributed by atoms with Gasteiger partial charge in [0.2, 0.25) is 5.90 Å². The van der Waals surface area contributed by atoms with Crippen molar-refractivity contribution in [1.82, 2.24) is 4.90 Å². The van der Waals surface area contributed by atoms with E-state index in [2.05, 4.69) is 111 Å².